The smallest absolute Gasteiger partial charge is 0.314 e. The summed E-state index contributed by atoms with van der Waals surface area (Å²) in [6.45, 7) is 0. The van der Waals surface area contributed by atoms with Crippen LogP contribution in [0, 0.1) is 5.82 Å². The van der Waals surface area contributed by atoms with Gasteiger partial charge < -0.3 is 10.6 Å². The summed E-state index contributed by atoms with van der Waals surface area (Å²) in [4.78, 5) is 11.5. The Morgan fingerprint density at radius 2 is 2.21 bits per heavy atom. The molecule has 0 aliphatic carbocycles. The van der Waals surface area contributed by atoms with E-state index in [-0.39, 0.29) is 5.69 Å². The van der Waals surface area contributed by atoms with Crippen LogP contribution < -0.4 is 10.6 Å². The zero-order valence-corrected chi connectivity index (χ0v) is 11.3. The fourth-order valence-electron chi connectivity index (χ4n) is 1.34. The molecule has 98 valence electrons. The number of thiophene rings is 1. The van der Waals surface area contributed by atoms with Crippen molar-refractivity contribution in [1.82, 2.24) is 5.32 Å². The highest BCUT2D eigenvalue weighted by Gasteiger charge is 2.05. The summed E-state index contributed by atoms with van der Waals surface area (Å²) in [5.41, 5.74) is 1.02. The molecule has 3 nitrogen and oxygen atoms in total. The Hall–Kier alpha value is -1.85. The van der Waals surface area contributed by atoms with Crippen LogP contribution in [0.25, 0.3) is 6.08 Å². The first kappa shape index (κ1) is 13.6. The number of rotatable bonds is 3. The summed E-state index contributed by atoms with van der Waals surface area (Å²) in [5.74, 6) is -0.540. The van der Waals surface area contributed by atoms with Crippen LogP contribution in [0.3, 0.4) is 0 Å². The highest BCUT2D eigenvalue weighted by Crippen LogP contribution is 2.19. The second-order valence-corrected chi connectivity index (χ2v) is 4.83. The molecular formula is C13H10ClFN2OS. The Morgan fingerprint density at radius 1 is 1.37 bits per heavy atom. The van der Waals surface area contributed by atoms with E-state index in [2.05, 4.69) is 10.6 Å². The second-order valence-electron chi connectivity index (χ2n) is 3.61. The maximum Gasteiger partial charge on any atom is 0.323 e. The molecule has 1 aromatic carbocycles. The van der Waals surface area contributed by atoms with E-state index in [1.807, 2.05) is 16.8 Å². The Balaban J connectivity index is 1.92. The molecule has 1 heterocycles. The maximum absolute atomic E-state index is 13.4. The fourth-order valence-corrected chi connectivity index (χ4v) is 2.14. The van der Waals surface area contributed by atoms with E-state index in [1.54, 1.807) is 17.4 Å². The lowest BCUT2D eigenvalue weighted by Crippen LogP contribution is -2.24. The zero-order valence-electron chi connectivity index (χ0n) is 9.69. The molecule has 0 spiro atoms. The first-order valence-corrected chi connectivity index (χ1v) is 6.68. The second kappa shape index (κ2) is 6.36. The van der Waals surface area contributed by atoms with E-state index in [4.69, 9.17) is 11.6 Å². The van der Waals surface area contributed by atoms with Gasteiger partial charge in [0.25, 0.3) is 0 Å². The van der Waals surface area contributed by atoms with Gasteiger partial charge in [0, 0.05) is 11.2 Å². The van der Waals surface area contributed by atoms with Crippen LogP contribution in [-0.2, 0) is 0 Å². The summed E-state index contributed by atoms with van der Waals surface area (Å²) in [5, 5.41) is 9.07. The zero-order chi connectivity index (χ0) is 13.7. The Kier molecular flexibility index (Phi) is 4.54. The van der Waals surface area contributed by atoms with Gasteiger partial charge >= 0.3 is 6.03 Å². The van der Waals surface area contributed by atoms with Crippen LogP contribution in [0.5, 0.6) is 0 Å². The van der Waals surface area contributed by atoms with Crippen LogP contribution in [0.4, 0.5) is 14.9 Å². The van der Waals surface area contributed by atoms with Crippen molar-refractivity contribution in [2.24, 2.45) is 0 Å². The van der Waals surface area contributed by atoms with Crippen LogP contribution >= 0.6 is 22.9 Å². The molecule has 1 aromatic heterocycles. The van der Waals surface area contributed by atoms with E-state index in [0.717, 1.165) is 5.56 Å². The van der Waals surface area contributed by atoms with Gasteiger partial charge in [0.2, 0.25) is 0 Å². The third-order valence-corrected chi connectivity index (χ3v) is 3.15. The predicted molar refractivity (Wildman–Crippen MR) is 76.9 cm³/mol. The molecular weight excluding hydrogens is 287 g/mol. The molecule has 0 saturated heterocycles. The number of amides is 2. The van der Waals surface area contributed by atoms with Crippen molar-refractivity contribution in [3.05, 3.63) is 57.6 Å². The number of carbonyl (C=O) groups is 1. The highest BCUT2D eigenvalue weighted by molar-refractivity contribution is 7.08. The van der Waals surface area contributed by atoms with Crippen molar-refractivity contribution in [3.8, 4) is 0 Å². The van der Waals surface area contributed by atoms with Crippen molar-refractivity contribution >= 4 is 40.7 Å². The number of nitrogens with one attached hydrogen (secondary N) is 2. The first-order valence-electron chi connectivity index (χ1n) is 5.36. The van der Waals surface area contributed by atoms with Gasteiger partial charge in [-0.2, -0.15) is 11.3 Å². The lowest BCUT2D eigenvalue weighted by atomic mass is 10.3. The SMILES string of the molecule is O=C(NC=Cc1ccsc1)Nc1cc(Cl)ccc1F. The largest absolute Gasteiger partial charge is 0.323 e. The Labute approximate surface area is 118 Å². The minimum Gasteiger partial charge on any atom is -0.314 e. The van der Waals surface area contributed by atoms with Crippen LogP contribution in [-0.4, -0.2) is 6.03 Å². The van der Waals surface area contributed by atoms with Crippen molar-refractivity contribution in [1.29, 1.82) is 0 Å². The normalized spacial score (nSPS) is 10.6. The van der Waals surface area contributed by atoms with E-state index in [0.29, 0.717) is 5.02 Å². The van der Waals surface area contributed by atoms with E-state index in [9.17, 15) is 9.18 Å². The topological polar surface area (TPSA) is 41.1 Å². The van der Waals surface area contributed by atoms with Gasteiger partial charge in [-0.3, -0.25) is 0 Å². The maximum atomic E-state index is 13.4. The minimum atomic E-state index is -0.540. The average molecular weight is 297 g/mol. The minimum absolute atomic E-state index is 0.0360. The Bertz CT molecular complexity index is 599. The number of hydrogen-bond acceptors (Lipinski definition) is 2. The monoisotopic (exact) mass is 296 g/mol. The lowest BCUT2D eigenvalue weighted by molar-refractivity contribution is 0.255. The molecule has 6 heteroatoms. The number of urea groups is 1. The summed E-state index contributed by atoms with van der Waals surface area (Å²) in [6.07, 6.45) is 3.23. The predicted octanol–water partition coefficient (Wildman–Crippen LogP) is 4.33. The van der Waals surface area contributed by atoms with E-state index >= 15 is 0 Å². The van der Waals surface area contributed by atoms with Gasteiger partial charge in [-0.05, 0) is 46.7 Å². The number of hydrogen-bond donors (Lipinski definition) is 2. The molecule has 0 saturated carbocycles. The molecule has 0 aliphatic rings. The lowest BCUT2D eigenvalue weighted by Gasteiger charge is -2.06. The van der Waals surface area contributed by atoms with E-state index < -0.39 is 11.8 Å². The van der Waals surface area contributed by atoms with Crippen LogP contribution in [0.1, 0.15) is 5.56 Å². The van der Waals surface area contributed by atoms with Crippen LogP contribution in [0.2, 0.25) is 5.02 Å². The number of benzene rings is 1. The summed E-state index contributed by atoms with van der Waals surface area (Å²) in [7, 11) is 0. The standard InChI is InChI=1S/C13H10ClFN2OS/c14-10-1-2-11(15)12(7-10)17-13(18)16-5-3-9-4-6-19-8-9/h1-8H,(H2,16,17,18). The molecule has 2 N–H and O–H groups in total. The molecule has 19 heavy (non-hydrogen) atoms. The average Bonchev–Trinajstić information content (AvgIpc) is 2.87. The first-order chi connectivity index (χ1) is 9.15. The fraction of sp³-hybridized carbons (Fsp3) is 0. The van der Waals surface area contributed by atoms with Crippen molar-refractivity contribution in [2.75, 3.05) is 5.32 Å². The van der Waals surface area contributed by atoms with Gasteiger partial charge in [-0.15, -0.1) is 0 Å². The molecule has 2 aromatic rings. The molecule has 0 fully saturated rings. The van der Waals surface area contributed by atoms with Gasteiger partial charge in [-0.1, -0.05) is 11.6 Å². The van der Waals surface area contributed by atoms with Gasteiger partial charge in [0.05, 0.1) is 5.69 Å². The number of halogens is 2. The highest BCUT2D eigenvalue weighted by atomic mass is 35.5. The van der Waals surface area contributed by atoms with E-state index in [1.165, 1.54) is 24.4 Å². The molecule has 0 aliphatic heterocycles. The molecule has 0 radical (unpaired) electrons. The third-order valence-electron chi connectivity index (χ3n) is 2.21. The third kappa shape index (κ3) is 4.08. The molecule has 2 amide bonds. The van der Waals surface area contributed by atoms with Crippen molar-refractivity contribution in [3.63, 3.8) is 0 Å². The van der Waals surface area contributed by atoms with Crippen LogP contribution in [0.15, 0.2) is 41.2 Å². The quantitative estimate of drug-likeness (QED) is 0.869. The van der Waals surface area contributed by atoms with Crippen molar-refractivity contribution < 1.29 is 9.18 Å². The summed E-state index contributed by atoms with van der Waals surface area (Å²) in [6, 6.07) is 5.33. The number of carbonyl (C=O) groups excluding carboxylic acids is 1. The van der Waals surface area contributed by atoms with Gasteiger partial charge in [0.1, 0.15) is 5.82 Å². The molecule has 0 atom stereocenters. The molecule has 0 bridgehead atoms. The summed E-state index contributed by atoms with van der Waals surface area (Å²) < 4.78 is 13.4. The number of anilines is 1. The van der Waals surface area contributed by atoms with Gasteiger partial charge in [0.15, 0.2) is 0 Å². The van der Waals surface area contributed by atoms with Crippen molar-refractivity contribution in [2.45, 2.75) is 0 Å². The molecule has 0 unspecified atom stereocenters. The van der Waals surface area contributed by atoms with Gasteiger partial charge in [-0.25, -0.2) is 9.18 Å². The summed E-state index contributed by atoms with van der Waals surface area (Å²) >= 11 is 7.28. The molecule has 2 rings (SSSR count). The Morgan fingerprint density at radius 3 is 2.95 bits per heavy atom.